The van der Waals surface area contributed by atoms with Crippen LogP contribution in [0.5, 0.6) is 0 Å². The quantitative estimate of drug-likeness (QED) is 0.612. The van der Waals surface area contributed by atoms with Crippen LogP contribution in [0.15, 0.2) is 18.2 Å². The third kappa shape index (κ3) is 3.72. The second-order valence-electron chi connectivity index (χ2n) is 3.33. The van der Waals surface area contributed by atoms with Crippen molar-refractivity contribution in [2.24, 2.45) is 5.73 Å². The highest BCUT2D eigenvalue weighted by atomic mass is 32.2. The summed E-state index contributed by atoms with van der Waals surface area (Å²) in [6, 6.07) is 6.07. The predicted molar refractivity (Wildman–Crippen MR) is 73.9 cm³/mol. The van der Waals surface area contributed by atoms with Crippen LogP contribution in [0, 0.1) is 6.92 Å². The van der Waals surface area contributed by atoms with Crippen LogP contribution in [-0.4, -0.2) is 23.5 Å². The van der Waals surface area contributed by atoms with Gasteiger partial charge in [-0.15, -0.1) is 0 Å². The lowest BCUT2D eigenvalue weighted by Gasteiger charge is -2.11. The second kappa shape index (κ2) is 5.98. The van der Waals surface area contributed by atoms with Gasteiger partial charge in [-0.1, -0.05) is 18.3 Å². The molecule has 0 aromatic heterocycles. The minimum Gasteiger partial charge on any atom is -0.389 e. The first-order valence-corrected chi connectivity index (χ1v) is 6.58. The Balaban J connectivity index is 2.82. The fourth-order valence-electron chi connectivity index (χ4n) is 1.31. The van der Waals surface area contributed by atoms with E-state index in [1.807, 2.05) is 23.9 Å². The van der Waals surface area contributed by atoms with Crippen molar-refractivity contribution in [3.63, 3.8) is 0 Å². The van der Waals surface area contributed by atoms with Crippen molar-refractivity contribution >= 4 is 34.7 Å². The molecule has 0 unspecified atom stereocenters. The van der Waals surface area contributed by atoms with Crippen LogP contribution in [0.3, 0.4) is 0 Å². The zero-order valence-electron chi connectivity index (χ0n) is 9.04. The van der Waals surface area contributed by atoms with Crippen LogP contribution in [0.1, 0.15) is 11.1 Å². The average molecular weight is 240 g/mol. The number of anilines is 1. The maximum atomic E-state index is 5.66. The van der Waals surface area contributed by atoms with E-state index in [0.29, 0.717) is 4.99 Å². The van der Waals surface area contributed by atoms with E-state index >= 15 is 0 Å². The van der Waals surface area contributed by atoms with Crippen LogP contribution in [0.2, 0.25) is 0 Å². The number of aryl methyl sites for hydroxylation is 1. The molecule has 0 saturated carbocycles. The van der Waals surface area contributed by atoms with Gasteiger partial charge in [0.05, 0.1) is 0 Å². The topological polar surface area (TPSA) is 38.0 Å². The monoisotopic (exact) mass is 240 g/mol. The molecule has 0 bridgehead atoms. The van der Waals surface area contributed by atoms with Crippen molar-refractivity contribution in [2.45, 2.75) is 6.92 Å². The molecule has 2 nitrogen and oxygen atoms in total. The Hall–Kier alpha value is -0.740. The number of thiocarbonyl (C=S) groups is 1. The molecule has 1 aromatic carbocycles. The molecule has 0 saturated heterocycles. The number of nitrogens with two attached hydrogens (primary N) is 1. The van der Waals surface area contributed by atoms with Crippen molar-refractivity contribution < 1.29 is 0 Å². The summed E-state index contributed by atoms with van der Waals surface area (Å²) in [5.41, 5.74) is 8.83. The lowest BCUT2D eigenvalue weighted by molar-refractivity contribution is 1.22. The lowest BCUT2D eigenvalue weighted by Crippen LogP contribution is -2.14. The second-order valence-corrected chi connectivity index (χ2v) is 4.76. The lowest BCUT2D eigenvalue weighted by atomic mass is 10.1. The first-order valence-electron chi connectivity index (χ1n) is 4.78. The van der Waals surface area contributed by atoms with E-state index in [4.69, 9.17) is 18.0 Å². The van der Waals surface area contributed by atoms with Crippen LogP contribution < -0.4 is 11.1 Å². The largest absolute Gasteiger partial charge is 0.389 e. The third-order valence-corrected chi connectivity index (χ3v) is 2.89. The van der Waals surface area contributed by atoms with Crippen molar-refractivity contribution in [1.29, 1.82) is 0 Å². The van der Waals surface area contributed by atoms with Gasteiger partial charge >= 0.3 is 0 Å². The standard InChI is InChI=1S/C11H16N2S2/c1-8-3-4-9(11(12)14)10(7-8)13-5-6-15-2/h3-4,7,13H,5-6H2,1-2H3,(H2,12,14). The third-order valence-electron chi connectivity index (χ3n) is 2.06. The molecule has 82 valence electrons. The highest BCUT2D eigenvalue weighted by Crippen LogP contribution is 2.17. The summed E-state index contributed by atoms with van der Waals surface area (Å²) in [6.45, 7) is 2.99. The van der Waals surface area contributed by atoms with Gasteiger partial charge in [0.15, 0.2) is 0 Å². The fraction of sp³-hybridized carbons (Fsp3) is 0.364. The van der Waals surface area contributed by atoms with Gasteiger partial charge in [-0.05, 0) is 30.9 Å². The number of rotatable bonds is 5. The number of thioether (sulfide) groups is 1. The van der Waals surface area contributed by atoms with Gasteiger partial charge in [0.25, 0.3) is 0 Å². The number of benzene rings is 1. The first-order chi connectivity index (χ1) is 7.15. The smallest absolute Gasteiger partial charge is 0.106 e. The molecule has 15 heavy (non-hydrogen) atoms. The molecule has 1 rings (SSSR count). The van der Waals surface area contributed by atoms with E-state index in [9.17, 15) is 0 Å². The maximum absolute atomic E-state index is 5.66. The molecule has 0 heterocycles. The molecule has 3 N–H and O–H groups in total. The summed E-state index contributed by atoms with van der Waals surface area (Å²) in [5.74, 6) is 1.07. The molecule has 0 aliphatic rings. The molecule has 0 aliphatic heterocycles. The SMILES string of the molecule is CSCCNc1cc(C)ccc1C(N)=S. The number of nitrogens with one attached hydrogen (secondary N) is 1. The fourth-order valence-corrected chi connectivity index (χ4v) is 1.79. The van der Waals surface area contributed by atoms with Gasteiger partial charge < -0.3 is 11.1 Å². The Kier molecular flexibility index (Phi) is 4.91. The molecular formula is C11H16N2S2. The van der Waals surface area contributed by atoms with E-state index < -0.39 is 0 Å². The number of hydrogen-bond acceptors (Lipinski definition) is 3. The summed E-state index contributed by atoms with van der Waals surface area (Å²) in [7, 11) is 0. The van der Waals surface area contributed by atoms with Crippen LogP contribution >= 0.6 is 24.0 Å². The molecule has 0 aliphatic carbocycles. The minimum absolute atomic E-state index is 0.446. The van der Waals surface area contributed by atoms with Gasteiger partial charge in [-0.3, -0.25) is 0 Å². The molecule has 0 spiro atoms. The highest BCUT2D eigenvalue weighted by molar-refractivity contribution is 7.98. The normalized spacial score (nSPS) is 10.0. The van der Waals surface area contributed by atoms with E-state index in [2.05, 4.69) is 24.6 Å². The Morgan fingerprint density at radius 2 is 2.27 bits per heavy atom. The van der Waals surface area contributed by atoms with E-state index in [-0.39, 0.29) is 0 Å². The van der Waals surface area contributed by atoms with Crippen molar-refractivity contribution in [2.75, 3.05) is 23.9 Å². The van der Waals surface area contributed by atoms with Crippen molar-refractivity contribution in [3.8, 4) is 0 Å². The zero-order valence-corrected chi connectivity index (χ0v) is 10.7. The zero-order chi connectivity index (χ0) is 11.3. The summed E-state index contributed by atoms with van der Waals surface area (Å²) in [6.07, 6.45) is 2.09. The maximum Gasteiger partial charge on any atom is 0.106 e. The summed E-state index contributed by atoms with van der Waals surface area (Å²) < 4.78 is 0. The first kappa shape index (κ1) is 12.3. The summed E-state index contributed by atoms with van der Waals surface area (Å²) in [4.78, 5) is 0.446. The van der Waals surface area contributed by atoms with Gasteiger partial charge in [0.1, 0.15) is 4.99 Å². The van der Waals surface area contributed by atoms with Gasteiger partial charge in [0, 0.05) is 23.5 Å². The molecule has 0 radical (unpaired) electrons. The highest BCUT2D eigenvalue weighted by Gasteiger charge is 2.04. The minimum atomic E-state index is 0.446. The molecule has 4 heteroatoms. The van der Waals surface area contributed by atoms with Gasteiger partial charge in [0.2, 0.25) is 0 Å². The molecule has 0 fully saturated rings. The van der Waals surface area contributed by atoms with Crippen LogP contribution in [0.4, 0.5) is 5.69 Å². The Morgan fingerprint density at radius 1 is 1.53 bits per heavy atom. The molecule has 0 amide bonds. The molecule has 1 aromatic rings. The molecule has 0 atom stereocenters. The van der Waals surface area contributed by atoms with Gasteiger partial charge in [-0.25, -0.2) is 0 Å². The summed E-state index contributed by atoms with van der Waals surface area (Å²) >= 11 is 6.82. The average Bonchev–Trinajstić information content (AvgIpc) is 2.18. The van der Waals surface area contributed by atoms with Gasteiger partial charge in [-0.2, -0.15) is 11.8 Å². The Bertz CT molecular complexity index is 350. The van der Waals surface area contributed by atoms with Crippen molar-refractivity contribution in [3.05, 3.63) is 29.3 Å². The Labute approximate surface area is 101 Å². The van der Waals surface area contributed by atoms with E-state index in [1.54, 1.807) is 0 Å². The van der Waals surface area contributed by atoms with E-state index in [1.165, 1.54) is 5.56 Å². The summed E-state index contributed by atoms with van der Waals surface area (Å²) in [5, 5.41) is 3.35. The van der Waals surface area contributed by atoms with Crippen LogP contribution in [-0.2, 0) is 0 Å². The predicted octanol–water partition coefficient (Wildman–Crippen LogP) is 2.40. The molecular weight excluding hydrogens is 224 g/mol. The van der Waals surface area contributed by atoms with E-state index in [0.717, 1.165) is 23.5 Å². The van der Waals surface area contributed by atoms with Crippen LogP contribution in [0.25, 0.3) is 0 Å². The van der Waals surface area contributed by atoms with Crippen molar-refractivity contribution in [1.82, 2.24) is 0 Å². The number of hydrogen-bond donors (Lipinski definition) is 2. The Morgan fingerprint density at radius 3 is 2.87 bits per heavy atom.